The molecule has 0 amide bonds. The fourth-order valence-corrected chi connectivity index (χ4v) is 3.92. The molecule has 2 atom stereocenters. The number of thioether (sulfide) groups is 1. The van der Waals surface area contributed by atoms with E-state index in [0.717, 1.165) is 18.6 Å². The van der Waals surface area contributed by atoms with Crippen molar-refractivity contribution in [3.05, 3.63) is 33.8 Å². The molecule has 5 heteroatoms. The fourth-order valence-electron chi connectivity index (χ4n) is 2.23. The first-order valence-electron chi connectivity index (χ1n) is 5.88. The van der Waals surface area contributed by atoms with Gasteiger partial charge in [-0.05, 0) is 53.6 Å². The highest BCUT2D eigenvalue weighted by Crippen LogP contribution is 2.41. The monoisotopic (exact) mass is 336 g/mol. The first kappa shape index (κ1) is 14.3. The van der Waals surface area contributed by atoms with Gasteiger partial charge in [-0.3, -0.25) is 0 Å². The SMILES string of the molecule is CC1(C(O)Cc2c(F)ccc(Br)c2F)CCCS1. The van der Waals surface area contributed by atoms with E-state index in [1.807, 2.05) is 6.92 Å². The summed E-state index contributed by atoms with van der Waals surface area (Å²) in [4.78, 5) is 0. The summed E-state index contributed by atoms with van der Waals surface area (Å²) in [5, 5.41) is 10.2. The topological polar surface area (TPSA) is 20.2 Å². The summed E-state index contributed by atoms with van der Waals surface area (Å²) in [5.74, 6) is -0.209. The van der Waals surface area contributed by atoms with Crippen molar-refractivity contribution in [2.75, 3.05) is 5.75 Å². The van der Waals surface area contributed by atoms with Crippen LogP contribution in [0.2, 0.25) is 0 Å². The second-order valence-corrected chi connectivity index (χ2v) is 7.29. The summed E-state index contributed by atoms with van der Waals surface area (Å²) in [6.07, 6.45) is 1.21. The van der Waals surface area contributed by atoms with Crippen molar-refractivity contribution >= 4 is 27.7 Å². The van der Waals surface area contributed by atoms with E-state index in [1.165, 1.54) is 12.1 Å². The van der Waals surface area contributed by atoms with Crippen molar-refractivity contribution in [1.82, 2.24) is 0 Å². The van der Waals surface area contributed by atoms with E-state index in [1.54, 1.807) is 11.8 Å². The molecule has 1 N–H and O–H groups in total. The molecule has 2 rings (SSSR count). The molecule has 18 heavy (non-hydrogen) atoms. The summed E-state index contributed by atoms with van der Waals surface area (Å²) >= 11 is 4.72. The molecule has 0 radical (unpaired) electrons. The van der Waals surface area contributed by atoms with Crippen LogP contribution in [-0.2, 0) is 6.42 Å². The third-order valence-corrected chi connectivity index (χ3v) is 5.73. The number of hydrogen-bond acceptors (Lipinski definition) is 2. The Hall–Kier alpha value is -0.130. The average molecular weight is 337 g/mol. The number of benzene rings is 1. The van der Waals surface area contributed by atoms with Gasteiger partial charge in [0.15, 0.2) is 0 Å². The van der Waals surface area contributed by atoms with Crippen LogP contribution >= 0.6 is 27.7 Å². The average Bonchev–Trinajstić information content (AvgIpc) is 2.78. The fraction of sp³-hybridized carbons (Fsp3) is 0.538. The number of rotatable bonds is 3. The number of aliphatic hydroxyl groups excluding tert-OH is 1. The second kappa shape index (κ2) is 5.47. The normalized spacial score (nSPS) is 25.4. The third-order valence-electron chi connectivity index (χ3n) is 3.49. The van der Waals surface area contributed by atoms with E-state index in [0.29, 0.717) is 0 Å². The van der Waals surface area contributed by atoms with E-state index in [2.05, 4.69) is 15.9 Å². The van der Waals surface area contributed by atoms with Crippen LogP contribution < -0.4 is 0 Å². The Labute approximate surface area is 118 Å². The molecule has 1 fully saturated rings. The van der Waals surface area contributed by atoms with Crippen LogP contribution in [-0.4, -0.2) is 21.7 Å². The van der Waals surface area contributed by atoms with Crippen LogP contribution in [0.1, 0.15) is 25.3 Å². The maximum absolute atomic E-state index is 13.8. The van der Waals surface area contributed by atoms with Crippen molar-refractivity contribution in [3.8, 4) is 0 Å². The molecular weight excluding hydrogens is 322 g/mol. The highest BCUT2D eigenvalue weighted by Gasteiger charge is 2.37. The molecule has 0 saturated carbocycles. The predicted octanol–water partition coefficient (Wildman–Crippen LogP) is 3.92. The van der Waals surface area contributed by atoms with Crippen molar-refractivity contribution in [2.45, 2.75) is 37.0 Å². The highest BCUT2D eigenvalue weighted by molar-refractivity contribution is 9.10. The Kier molecular flexibility index (Phi) is 4.34. The van der Waals surface area contributed by atoms with Gasteiger partial charge in [0, 0.05) is 16.7 Å². The Morgan fingerprint density at radius 1 is 1.50 bits per heavy atom. The third kappa shape index (κ3) is 2.73. The van der Waals surface area contributed by atoms with Gasteiger partial charge in [-0.15, -0.1) is 0 Å². The smallest absolute Gasteiger partial charge is 0.143 e. The summed E-state index contributed by atoms with van der Waals surface area (Å²) in [7, 11) is 0. The minimum atomic E-state index is -0.733. The molecule has 100 valence electrons. The molecule has 1 nitrogen and oxygen atoms in total. The molecular formula is C13H15BrF2OS. The van der Waals surface area contributed by atoms with Gasteiger partial charge in [-0.25, -0.2) is 8.78 Å². The number of hydrogen-bond donors (Lipinski definition) is 1. The lowest BCUT2D eigenvalue weighted by Gasteiger charge is -2.29. The quantitative estimate of drug-likeness (QED) is 0.844. The van der Waals surface area contributed by atoms with Crippen molar-refractivity contribution in [2.24, 2.45) is 0 Å². The predicted molar refractivity (Wildman–Crippen MR) is 73.9 cm³/mol. The van der Waals surface area contributed by atoms with E-state index in [4.69, 9.17) is 0 Å². The summed E-state index contributed by atoms with van der Waals surface area (Å²) in [6, 6.07) is 2.56. The van der Waals surface area contributed by atoms with Crippen LogP contribution in [0.3, 0.4) is 0 Å². The zero-order chi connectivity index (χ0) is 13.3. The lowest BCUT2D eigenvalue weighted by Crippen LogP contribution is -2.35. The Bertz CT molecular complexity index is 447. The van der Waals surface area contributed by atoms with E-state index in [-0.39, 0.29) is 21.2 Å². The molecule has 1 aliphatic rings. The van der Waals surface area contributed by atoms with Crippen molar-refractivity contribution < 1.29 is 13.9 Å². The molecule has 1 aromatic rings. The highest BCUT2D eigenvalue weighted by atomic mass is 79.9. The molecule has 1 aliphatic heterocycles. The van der Waals surface area contributed by atoms with Crippen LogP contribution in [0.15, 0.2) is 16.6 Å². The summed E-state index contributed by atoms with van der Waals surface area (Å²) < 4.78 is 27.4. The van der Waals surface area contributed by atoms with E-state index in [9.17, 15) is 13.9 Å². The van der Waals surface area contributed by atoms with Gasteiger partial charge in [0.25, 0.3) is 0 Å². The lowest BCUT2D eigenvalue weighted by molar-refractivity contribution is 0.131. The van der Waals surface area contributed by atoms with E-state index < -0.39 is 17.7 Å². The summed E-state index contributed by atoms with van der Waals surface area (Å²) in [5.41, 5.74) is -0.0365. The molecule has 1 heterocycles. The Balaban J connectivity index is 2.21. The number of halogens is 3. The standard InChI is InChI=1S/C13H15BrF2OS/c1-13(5-2-6-18-13)11(17)7-8-10(15)4-3-9(14)12(8)16/h3-4,11,17H,2,5-7H2,1H3. The maximum Gasteiger partial charge on any atom is 0.143 e. The number of aliphatic hydroxyl groups is 1. The van der Waals surface area contributed by atoms with Crippen LogP contribution in [0.25, 0.3) is 0 Å². The van der Waals surface area contributed by atoms with Crippen LogP contribution in [0.4, 0.5) is 8.78 Å². The largest absolute Gasteiger partial charge is 0.391 e. The van der Waals surface area contributed by atoms with Gasteiger partial charge in [-0.1, -0.05) is 0 Å². The first-order chi connectivity index (χ1) is 8.44. The minimum absolute atomic E-state index is 0.0145. The van der Waals surface area contributed by atoms with Gasteiger partial charge in [0.2, 0.25) is 0 Å². The summed E-state index contributed by atoms with van der Waals surface area (Å²) in [6.45, 7) is 1.96. The van der Waals surface area contributed by atoms with Gasteiger partial charge in [0.1, 0.15) is 11.6 Å². The van der Waals surface area contributed by atoms with Gasteiger partial charge in [0.05, 0.1) is 10.6 Å². The van der Waals surface area contributed by atoms with Crippen molar-refractivity contribution in [3.63, 3.8) is 0 Å². The van der Waals surface area contributed by atoms with Crippen LogP contribution in [0, 0.1) is 11.6 Å². The van der Waals surface area contributed by atoms with Gasteiger partial charge in [-0.2, -0.15) is 11.8 Å². The zero-order valence-electron chi connectivity index (χ0n) is 10.0. The molecule has 1 aromatic carbocycles. The van der Waals surface area contributed by atoms with Gasteiger partial charge < -0.3 is 5.11 Å². The van der Waals surface area contributed by atoms with Crippen molar-refractivity contribution in [1.29, 1.82) is 0 Å². The lowest BCUT2D eigenvalue weighted by atomic mass is 9.93. The minimum Gasteiger partial charge on any atom is -0.391 e. The van der Waals surface area contributed by atoms with Gasteiger partial charge >= 0.3 is 0 Å². The molecule has 0 spiro atoms. The molecule has 0 bridgehead atoms. The molecule has 2 unspecified atom stereocenters. The second-order valence-electron chi connectivity index (χ2n) is 4.81. The maximum atomic E-state index is 13.8. The van der Waals surface area contributed by atoms with Crippen LogP contribution in [0.5, 0.6) is 0 Å². The molecule has 0 aromatic heterocycles. The van der Waals surface area contributed by atoms with E-state index >= 15 is 0 Å². The molecule has 1 saturated heterocycles. The zero-order valence-corrected chi connectivity index (χ0v) is 12.5. The Morgan fingerprint density at radius 2 is 2.22 bits per heavy atom. The Morgan fingerprint density at radius 3 is 2.83 bits per heavy atom. The first-order valence-corrected chi connectivity index (χ1v) is 7.66. The molecule has 0 aliphatic carbocycles.